The summed E-state index contributed by atoms with van der Waals surface area (Å²) < 4.78 is 1.64. The van der Waals surface area contributed by atoms with E-state index in [4.69, 9.17) is 0 Å². The average molecular weight is 363 g/mol. The summed E-state index contributed by atoms with van der Waals surface area (Å²) in [5.74, 6) is -0.0855. The van der Waals surface area contributed by atoms with Gasteiger partial charge in [-0.15, -0.1) is 0 Å². The maximum Gasteiger partial charge on any atom is 0.256 e. The summed E-state index contributed by atoms with van der Waals surface area (Å²) in [4.78, 5) is 19.7. The van der Waals surface area contributed by atoms with Crippen LogP contribution in [0.2, 0.25) is 0 Å². The summed E-state index contributed by atoms with van der Waals surface area (Å²) in [6.45, 7) is 6.12. The van der Waals surface area contributed by atoms with Crippen LogP contribution >= 0.6 is 0 Å². The Bertz CT molecular complexity index is 928. The van der Waals surface area contributed by atoms with Crippen LogP contribution in [0, 0.1) is 6.92 Å². The van der Waals surface area contributed by atoms with E-state index >= 15 is 0 Å². The highest BCUT2D eigenvalue weighted by Gasteiger charge is 2.25. The van der Waals surface area contributed by atoms with Crippen molar-refractivity contribution >= 4 is 11.6 Å². The highest BCUT2D eigenvalue weighted by Crippen LogP contribution is 2.24. The molecule has 1 amide bonds. The molecule has 0 saturated carbocycles. The third-order valence-electron chi connectivity index (χ3n) is 5.45. The van der Waals surface area contributed by atoms with Gasteiger partial charge in [0.25, 0.3) is 5.91 Å². The van der Waals surface area contributed by atoms with Gasteiger partial charge in [-0.2, -0.15) is 5.10 Å². The molecule has 0 aliphatic carbocycles. The predicted octanol–water partition coefficient (Wildman–Crippen LogP) is 2.99. The van der Waals surface area contributed by atoms with Gasteiger partial charge >= 0.3 is 0 Å². The maximum atomic E-state index is 12.7. The fourth-order valence-corrected chi connectivity index (χ4v) is 3.76. The Labute approximate surface area is 159 Å². The molecule has 3 heterocycles. The number of amides is 1. The molecule has 1 N–H and O–H groups in total. The van der Waals surface area contributed by atoms with Crippen LogP contribution in [0.1, 0.15) is 47.4 Å². The standard InChI is InChI=1S/C21H25N5O/c1-15-8-13-26-20(23-15)19(14-22-26)21(27)24-18-9-11-25(12-10-18)16(2)17-6-4-3-5-7-17/h3-8,13-14,16,18H,9-12H2,1-2H3,(H,24,27)/t16-/m0/s1. The molecule has 1 aliphatic rings. The Balaban J connectivity index is 1.37. The molecule has 3 aromatic rings. The summed E-state index contributed by atoms with van der Waals surface area (Å²) >= 11 is 0. The SMILES string of the molecule is Cc1ccn2ncc(C(=O)NC3CCN([C@@H](C)c4ccccc4)CC3)c2n1. The van der Waals surface area contributed by atoms with Crippen molar-refractivity contribution < 1.29 is 4.79 Å². The number of hydrogen-bond donors (Lipinski definition) is 1. The van der Waals surface area contributed by atoms with E-state index < -0.39 is 0 Å². The quantitative estimate of drug-likeness (QED) is 0.774. The third kappa shape index (κ3) is 3.71. The van der Waals surface area contributed by atoms with Crippen molar-refractivity contribution in [1.82, 2.24) is 24.8 Å². The molecule has 1 fully saturated rings. The molecule has 0 spiro atoms. The Hall–Kier alpha value is -2.73. The molecule has 1 aliphatic heterocycles. The van der Waals surface area contributed by atoms with Crippen molar-refractivity contribution in [1.29, 1.82) is 0 Å². The van der Waals surface area contributed by atoms with Crippen molar-refractivity contribution in [2.24, 2.45) is 0 Å². The molecule has 2 aromatic heterocycles. The summed E-state index contributed by atoms with van der Waals surface area (Å²) in [6, 6.07) is 13.1. The summed E-state index contributed by atoms with van der Waals surface area (Å²) in [7, 11) is 0. The van der Waals surface area contributed by atoms with E-state index in [2.05, 4.69) is 57.6 Å². The lowest BCUT2D eigenvalue weighted by Crippen LogP contribution is -2.45. The zero-order valence-electron chi connectivity index (χ0n) is 15.8. The smallest absolute Gasteiger partial charge is 0.256 e. The molecule has 0 radical (unpaired) electrons. The molecular formula is C21H25N5O. The van der Waals surface area contributed by atoms with Crippen LogP contribution in [0.3, 0.4) is 0 Å². The number of aryl methyl sites for hydroxylation is 1. The van der Waals surface area contributed by atoms with E-state index in [0.29, 0.717) is 17.3 Å². The fraction of sp³-hybridized carbons (Fsp3) is 0.381. The number of nitrogens with zero attached hydrogens (tertiary/aromatic N) is 4. The van der Waals surface area contributed by atoms with Crippen molar-refractivity contribution in [2.75, 3.05) is 13.1 Å². The van der Waals surface area contributed by atoms with Crippen LogP contribution in [-0.4, -0.2) is 44.5 Å². The highest BCUT2D eigenvalue weighted by molar-refractivity contribution is 5.99. The van der Waals surface area contributed by atoms with Gasteiger partial charge in [0, 0.05) is 37.1 Å². The maximum absolute atomic E-state index is 12.7. The van der Waals surface area contributed by atoms with Crippen LogP contribution in [0.4, 0.5) is 0 Å². The molecule has 27 heavy (non-hydrogen) atoms. The van der Waals surface area contributed by atoms with Gasteiger partial charge in [0.05, 0.1) is 6.20 Å². The lowest BCUT2D eigenvalue weighted by atomic mass is 10.00. The monoisotopic (exact) mass is 363 g/mol. The summed E-state index contributed by atoms with van der Waals surface area (Å²) in [5.41, 5.74) is 3.37. The second-order valence-electron chi connectivity index (χ2n) is 7.27. The van der Waals surface area contributed by atoms with E-state index in [1.54, 1.807) is 10.7 Å². The van der Waals surface area contributed by atoms with Crippen molar-refractivity contribution in [3.63, 3.8) is 0 Å². The molecule has 1 aromatic carbocycles. The molecule has 1 atom stereocenters. The van der Waals surface area contributed by atoms with Gasteiger partial charge in [0.2, 0.25) is 0 Å². The number of piperidine rings is 1. The summed E-state index contributed by atoms with van der Waals surface area (Å²) in [5, 5.41) is 7.40. The van der Waals surface area contributed by atoms with Crippen LogP contribution in [0.5, 0.6) is 0 Å². The number of aromatic nitrogens is 3. The van der Waals surface area contributed by atoms with E-state index in [1.807, 2.05) is 19.2 Å². The lowest BCUT2D eigenvalue weighted by molar-refractivity contribution is 0.0897. The number of rotatable bonds is 4. The highest BCUT2D eigenvalue weighted by atomic mass is 16.1. The van der Waals surface area contributed by atoms with E-state index in [1.165, 1.54) is 5.56 Å². The Kier molecular flexibility index (Phi) is 4.90. The molecule has 6 heteroatoms. The normalized spacial score (nSPS) is 17.1. The number of carbonyl (C=O) groups is 1. The second-order valence-corrected chi connectivity index (χ2v) is 7.27. The predicted molar refractivity (Wildman–Crippen MR) is 105 cm³/mol. The minimum atomic E-state index is -0.0855. The van der Waals surface area contributed by atoms with Gasteiger partial charge in [0.15, 0.2) is 5.65 Å². The zero-order chi connectivity index (χ0) is 18.8. The summed E-state index contributed by atoms with van der Waals surface area (Å²) in [6.07, 6.45) is 5.34. The number of likely N-dealkylation sites (tertiary alicyclic amines) is 1. The van der Waals surface area contributed by atoms with E-state index in [9.17, 15) is 4.79 Å². The molecule has 0 unspecified atom stereocenters. The van der Waals surface area contributed by atoms with Crippen LogP contribution in [0.25, 0.3) is 5.65 Å². The van der Waals surface area contributed by atoms with Crippen LogP contribution in [-0.2, 0) is 0 Å². The molecule has 4 rings (SSSR count). The van der Waals surface area contributed by atoms with E-state index in [-0.39, 0.29) is 11.9 Å². The number of fused-ring (bicyclic) bond motifs is 1. The second kappa shape index (κ2) is 7.48. The molecule has 0 bridgehead atoms. The molecule has 140 valence electrons. The largest absolute Gasteiger partial charge is 0.349 e. The van der Waals surface area contributed by atoms with Gasteiger partial charge in [-0.3, -0.25) is 9.69 Å². The third-order valence-corrected chi connectivity index (χ3v) is 5.45. The number of nitrogens with one attached hydrogen (secondary N) is 1. The first kappa shape index (κ1) is 17.7. The molecule has 1 saturated heterocycles. The number of benzene rings is 1. The van der Waals surface area contributed by atoms with Gasteiger partial charge in [-0.05, 0) is 38.3 Å². The van der Waals surface area contributed by atoms with Crippen molar-refractivity contribution in [2.45, 2.75) is 38.8 Å². The number of carbonyl (C=O) groups excluding carboxylic acids is 1. The van der Waals surface area contributed by atoms with Crippen molar-refractivity contribution in [3.05, 3.63) is 65.6 Å². The minimum Gasteiger partial charge on any atom is -0.349 e. The first-order valence-electron chi connectivity index (χ1n) is 9.52. The Morgan fingerprint density at radius 3 is 2.67 bits per heavy atom. The van der Waals surface area contributed by atoms with Crippen LogP contribution in [0.15, 0.2) is 48.8 Å². The minimum absolute atomic E-state index is 0.0855. The Morgan fingerprint density at radius 1 is 1.19 bits per heavy atom. The topological polar surface area (TPSA) is 62.5 Å². The van der Waals surface area contributed by atoms with Gasteiger partial charge in [-0.1, -0.05) is 30.3 Å². The molecular weight excluding hydrogens is 338 g/mol. The van der Waals surface area contributed by atoms with Gasteiger partial charge in [0.1, 0.15) is 5.56 Å². The van der Waals surface area contributed by atoms with Gasteiger partial charge < -0.3 is 5.32 Å². The van der Waals surface area contributed by atoms with Gasteiger partial charge in [-0.25, -0.2) is 9.50 Å². The number of hydrogen-bond acceptors (Lipinski definition) is 4. The first-order chi connectivity index (χ1) is 13.1. The zero-order valence-corrected chi connectivity index (χ0v) is 15.8. The Morgan fingerprint density at radius 2 is 1.93 bits per heavy atom. The lowest BCUT2D eigenvalue weighted by Gasteiger charge is -2.36. The molecule has 6 nitrogen and oxygen atoms in total. The van der Waals surface area contributed by atoms with Crippen LogP contribution < -0.4 is 5.32 Å². The van der Waals surface area contributed by atoms with E-state index in [0.717, 1.165) is 31.6 Å². The first-order valence-corrected chi connectivity index (χ1v) is 9.52. The average Bonchev–Trinajstić information content (AvgIpc) is 3.12. The fourth-order valence-electron chi connectivity index (χ4n) is 3.76. The van der Waals surface area contributed by atoms with Crippen molar-refractivity contribution in [3.8, 4) is 0 Å².